The molecule has 0 aliphatic rings. The highest BCUT2D eigenvalue weighted by atomic mass is 31.2. The van der Waals surface area contributed by atoms with E-state index >= 15 is 0 Å². The van der Waals surface area contributed by atoms with Gasteiger partial charge in [-0.05, 0) is 89.7 Å². The topological polar surface area (TPSA) is 44.8 Å². The van der Waals surface area contributed by atoms with E-state index in [4.69, 9.17) is 13.6 Å². The molecule has 0 saturated carbocycles. The molecule has 0 N–H and O–H groups in total. The molecular formula is C34H49O4P. The van der Waals surface area contributed by atoms with Gasteiger partial charge in [-0.1, -0.05) is 103 Å². The molecule has 0 aliphatic carbocycles. The molecule has 0 heterocycles. The number of hydrogen-bond acceptors (Lipinski definition) is 4. The zero-order valence-electron chi connectivity index (χ0n) is 24.7. The zero-order chi connectivity index (χ0) is 28.3. The van der Waals surface area contributed by atoms with Gasteiger partial charge in [0.25, 0.3) is 0 Å². The van der Waals surface area contributed by atoms with Crippen LogP contribution in [0, 0.1) is 5.92 Å². The summed E-state index contributed by atoms with van der Waals surface area (Å²) >= 11 is 0. The molecule has 0 radical (unpaired) electrons. The van der Waals surface area contributed by atoms with Crippen molar-refractivity contribution in [1.29, 1.82) is 0 Å². The fourth-order valence-electron chi connectivity index (χ4n) is 4.03. The second-order valence-corrected chi connectivity index (χ2v) is 12.4. The number of phosphoric acid groups is 1. The van der Waals surface area contributed by atoms with Crippen LogP contribution >= 0.6 is 7.82 Å². The maximum Gasteiger partial charge on any atom is 0.475 e. The van der Waals surface area contributed by atoms with E-state index in [1.807, 2.05) is 60.7 Å². The summed E-state index contributed by atoms with van der Waals surface area (Å²) in [7, 11) is -3.70. The second kappa shape index (κ2) is 19.0. The highest BCUT2D eigenvalue weighted by molar-refractivity contribution is 7.48. The Kier molecular flexibility index (Phi) is 16.0. The standard InChI is InChI=1S/C34H49O4P/c1-29(2)15-12-16-30(3)17-13-18-31(4)19-14-20-32(5)25-26-36-39(35,37-27-33-21-8-6-9-22-33)38-28-34-23-10-7-11-24-34/h6-11,15,17,19,21-24,32H,12-14,16,18,20,25-28H2,1-5H3/b30-17+,31-19+. The Hall–Kier alpha value is -2.23. The van der Waals surface area contributed by atoms with Crippen LogP contribution < -0.4 is 0 Å². The summed E-state index contributed by atoms with van der Waals surface area (Å²) in [5.74, 6) is 0.447. The summed E-state index contributed by atoms with van der Waals surface area (Å²) in [6.45, 7) is 11.7. The smallest absolute Gasteiger partial charge is 0.287 e. The highest BCUT2D eigenvalue weighted by Gasteiger charge is 2.27. The summed E-state index contributed by atoms with van der Waals surface area (Å²) in [5.41, 5.74) is 6.17. The van der Waals surface area contributed by atoms with Gasteiger partial charge in [-0.3, -0.25) is 13.6 Å². The average Bonchev–Trinajstić information content (AvgIpc) is 2.92. The Morgan fingerprint density at radius 2 is 1.18 bits per heavy atom. The van der Waals surface area contributed by atoms with Crippen LogP contribution in [0.3, 0.4) is 0 Å². The first-order chi connectivity index (χ1) is 18.8. The largest absolute Gasteiger partial charge is 0.475 e. The van der Waals surface area contributed by atoms with Crippen LogP contribution in [0.25, 0.3) is 0 Å². The molecule has 0 aromatic heterocycles. The van der Waals surface area contributed by atoms with Gasteiger partial charge in [-0.15, -0.1) is 0 Å². The molecule has 214 valence electrons. The lowest BCUT2D eigenvalue weighted by Gasteiger charge is -2.19. The van der Waals surface area contributed by atoms with Crippen molar-refractivity contribution in [2.24, 2.45) is 5.92 Å². The first-order valence-electron chi connectivity index (χ1n) is 14.3. The lowest BCUT2D eigenvalue weighted by molar-refractivity contribution is 0.0985. The Balaban J connectivity index is 1.74. The third-order valence-corrected chi connectivity index (χ3v) is 7.99. The third kappa shape index (κ3) is 15.8. The summed E-state index contributed by atoms with van der Waals surface area (Å²) in [4.78, 5) is 0. The quantitative estimate of drug-likeness (QED) is 0.128. The zero-order valence-corrected chi connectivity index (χ0v) is 25.6. The summed E-state index contributed by atoms with van der Waals surface area (Å²) in [6.07, 6.45) is 14.5. The summed E-state index contributed by atoms with van der Waals surface area (Å²) in [6, 6.07) is 19.3. The van der Waals surface area contributed by atoms with Crippen LogP contribution in [0.2, 0.25) is 0 Å². The number of allylic oxidation sites excluding steroid dienone is 6. The molecule has 1 atom stereocenters. The number of rotatable bonds is 19. The molecule has 0 bridgehead atoms. The van der Waals surface area contributed by atoms with Gasteiger partial charge in [-0.2, -0.15) is 0 Å². The van der Waals surface area contributed by atoms with Gasteiger partial charge < -0.3 is 0 Å². The van der Waals surface area contributed by atoms with Gasteiger partial charge in [-0.25, -0.2) is 4.57 Å². The van der Waals surface area contributed by atoms with E-state index in [0.29, 0.717) is 12.5 Å². The van der Waals surface area contributed by atoms with Crippen molar-refractivity contribution in [3.63, 3.8) is 0 Å². The molecule has 0 spiro atoms. The molecule has 4 nitrogen and oxygen atoms in total. The predicted molar refractivity (Wildman–Crippen MR) is 164 cm³/mol. The van der Waals surface area contributed by atoms with Crippen molar-refractivity contribution in [1.82, 2.24) is 0 Å². The van der Waals surface area contributed by atoms with Crippen LogP contribution in [-0.4, -0.2) is 6.61 Å². The van der Waals surface area contributed by atoms with Gasteiger partial charge in [0, 0.05) is 0 Å². The minimum absolute atomic E-state index is 0.177. The van der Waals surface area contributed by atoms with E-state index < -0.39 is 7.82 Å². The fourth-order valence-corrected chi connectivity index (χ4v) is 5.20. The van der Waals surface area contributed by atoms with E-state index in [9.17, 15) is 4.57 Å². The maximum absolute atomic E-state index is 13.4. The molecule has 0 amide bonds. The van der Waals surface area contributed by atoms with Gasteiger partial charge in [0.2, 0.25) is 0 Å². The molecule has 0 aliphatic heterocycles. The van der Waals surface area contributed by atoms with Crippen molar-refractivity contribution in [3.05, 3.63) is 107 Å². The molecular weight excluding hydrogens is 503 g/mol. The molecule has 0 fully saturated rings. The van der Waals surface area contributed by atoms with Crippen LogP contribution in [0.5, 0.6) is 0 Å². The third-order valence-electron chi connectivity index (χ3n) is 6.60. The van der Waals surface area contributed by atoms with Gasteiger partial charge in [0.05, 0.1) is 19.8 Å². The van der Waals surface area contributed by atoms with E-state index in [2.05, 4.69) is 52.8 Å². The van der Waals surface area contributed by atoms with Crippen molar-refractivity contribution in [2.75, 3.05) is 6.61 Å². The van der Waals surface area contributed by atoms with Gasteiger partial charge in [0.15, 0.2) is 0 Å². The lowest BCUT2D eigenvalue weighted by atomic mass is 10.0. The highest BCUT2D eigenvalue weighted by Crippen LogP contribution is 2.51. The van der Waals surface area contributed by atoms with Crippen molar-refractivity contribution in [3.8, 4) is 0 Å². The SMILES string of the molecule is CC(C)=CCC/C(C)=C/CC/C(C)=C/CCC(C)CCOP(=O)(OCc1ccccc1)OCc1ccccc1. The van der Waals surface area contributed by atoms with Gasteiger partial charge in [0.1, 0.15) is 0 Å². The Bertz CT molecular complexity index is 1020. The first-order valence-corrected chi connectivity index (χ1v) is 15.8. The van der Waals surface area contributed by atoms with E-state index in [-0.39, 0.29) is 13.2 Å². The number of hydrogen-bond donors (Lipinski definition) is 0. The Labute approximate surface area is 237 Å². The molecule has 2 aromatic rings. The summed E-state index contributed by atoms with van der Waals surface area (Å²) in [5, 5.41) is 0. The second-order valence-electron chi connectivity index (χ2n) is 10.7. The van der Waals surface area contributed by atoms with Crippen LogP contribution in [0.1, 0.15) is 90.7 Å². The molecule has 2 rings (SSSR count). The van der Waals surface area contributed by atoms with Crippen LogP contribution in [-0.2, 0) is 31.4 Å². The molecule has 39 heavy (non-hydrogen) atoms. The molecule has 0 saturated heterocycles. The number of benzene rings is 2. The normalized spacial score (nSPS) is 13.4. The molecule has 2 aromatic carbocycles. The van der Waals surface area contributed by atoms with E-state index in [0.717, 1.165) is 56.1 Å². The van der Waals surface area contributed by atoms with Crippen LogP contribution in [0.15, 0.2) is 95.6 Å². The Morgan fingerprint density at radius 3 is 1.69 bits per heavy atom. The lowest BCUT2D eigenvalue weighted by Crippen LogP contribution is -2.05. The van der Waals surface area contributed by atoms with Crippen molar-refractivity contribution < 1.29 is 18.1 Å². The predicted octanol–water partition coefficient (Wildman–Crippen LogP) is 10.8. The minimum atomic E-state index is -3.70. The van der Waals surface area contributed by atoms with E-state index in [1.165, 1.54) is 16.7 Å². The minimum Gasteiger partial charge on any atom is -0.287 e. The molecule has 5 heteroatoms. The monoisotopic (exact) mass is 552 g/mol. The first kappa shape index (κ1) is 33.0. The van der Waals surface area contributed by atoms with Crippen LogP contribution in [0.4, 0.5) is 0 Å². The Morgan fingerprint density at radius 1 is 0.692 bits per heavy atom. The number of phosphoric ester groups is 1. The van der Waals surface area contributed by atoms with Crippen molar-refractivity contribution in [2.45, 2.75) is 92.8 Å². The van der Waals surface area contributed by atoms with Gasteiger partial charge >= 0.3 is 7.82 Å². The summed E-state index contributed by atoms with van der Waals surface area (Å²) < 4.78 is 30.6. The maximum atomic E-state index is 13.4. The van der Waals surface area contributed by atoms with E-state index in [1.54, 1.807) is 0 Å². The van der Waals surface area contributed by atoms with Crippen molar-refractivity contribution >= 4 is 7.82 Å². The fraction of sp³-hybridized carbons (Fsp3) is 0.471. The average molecular weight is 553 g/mol. The molecule has 1 unspecified atom stereocenters.